The van der Waals surface area contributed by atoms with Gasteiger partial charge in [0.1, 0.15) is 0 Å². The van der Waals surface area contributed by atoms with E-state index in [1.165, 1.54) is 92.7 Å². The largest absolute Gasteiger partial charge is 0.0654 e. The first-order valence-corrected chi connectivity index (χ1v) is 14.2. The zero-order valence-corrected chi connectivity index (χ0v) is 22.0. The lowest BCUT2D eigenvalue weighted by atomic mass is 9.68. The summed E-state index contributed by atoms with van der Waals surface area (Å²) in [5, 5.41) is 11.3. The molecule has 0 saturated heterocycles. The van der Waals surface area contributed by atoms with E-state index in [9.17, 15) is 0 Å². The number of rotatable bonds is 6. The Hall–Kier alpha value is -3.64. The molecule has 0 N–H and O–H groups in total. The monoisotopic (exact) mass is 478 g/mol. The third-order valence-electron chi connectivity index (χ3n) is 8.99. The maximum absolute atomic E-state index is 2.41. The quantitative estimate of drug-likeness (QED) is 0.209. The summed E-state index contributed by atoms with van der Waals surface area (Å²) in [5.74, 6) is 0. The van der Waals surface area contributed by atoms with Crippen molar-refractivity contribution in [1.82, 2.24) is 0 Å². The van der Waals surface area contributed by atoms with Crippen LogP contribution in [0.15, 0.2) is 97.1 Å². The molecular formula is C37H34. The Kier molecular flexibility index (Phi) is 5.32. The highest BCUT2D eigenvalue weighted by atomic mass is 14.5. The Bertz CT molecular complexity index is 1670. The predicted molar refractivity (Wildman–Crippen MR) is 162 cm³/mol. The van der Waals surface area contributed by atoms with Crippen LogP contribution in [0.2, 0.25) is 0 Å². The number of unbranched alkanes of at least 4 members (excludes halogenated alkanes) is 2. The first-order chi connectivity index (χ1) is 18.3. The van der Waals surface area contributed by atoms with Crippen molar-refractivity contribution in [3.63, 3.8) is 0 Å². The molecule has 0 bridgehead atoms. The van der Waals surface area contributed by atoms with E-state index in [1.807, 2.05) is 0 Å². The molecule has 1 aliphatic carbocycles. The molecule has 6 aromatic rings. The van der Waals surface area contributed by atoms with E-state index < -0.39 is 0 Å². The zero-order chi connectivity index (χ0) is 25.0. The molecule has 182 valence electrons. The molecule has 0 radical (unpaired) electrons. The second-order valence-electron chi connectivity index (χ2n) is 11.0. The minimum atomic E-state index is 0.0178. The van der Waals surface area contributed by atoms with Crippen LogP contribution in [0.25, 0.3) is 54.2 Å². The van der Waals surface area contributed by atoms with Gasteiger partial charge in [0.05, 0.1) is 0 Å². The Morgan fingerprint density at radius 2 is 0.703 bits per heavy atom. The summed E-state index contributed by atoms with van der Waals surface area (Å²) in [4.78, 5) is 0. The van der Waals surface area contributed by atoms with Crippen LogP contribution in [0.1, 0.15) is 63.5 Å². The first kappa shape index (κ1) is 22.5. The van der Waals surface area contributed by atoms with Gasteiger partial charge in [-0.15, -0.1) is 0 Å². The van der Waals surface area contributed by atoms with Crippen molar-refractivity contribution >= 4 is 43.1 Å². The Morgan fingerprint density at radius 1 is 0.405 bits per heavy atom. The van der Waals surface area contributed by atoms with Crippen molar-refractivity contribution in [2.24, 2.45) is 0 Å². The molecule has 0 heteroatoms. The topological polar surface area (TPSA) is 0 Å². The lowest BCUT2D eigenvalue weighted by Gasteiger charge is -2.35. The van der Waals surface area contributed by atoms with Gasteiger partial charge < -0.3 is 0 Å². The molecule has 0 aromatic heterocycles. The van der Waals surface area contributed by atoms with Crippen molar-refractivity contribution < 1.29 is 0 Å². The van der Waals surface area contributed by atoms with Gasteiger partial charge in [-0.2, -0.15) is 0 Å². The van der Waals surface area contributed by atoms with Gasteiger partial charge in [0, 0.05) is 5.41 Å². The van der Waals surface area contributed by atoms with Gasteiger partial charge in [0.25, 0.3) is 0 Å². The van der Waals surface area contributed by atoms with Crippen LogP contribution in [0.5, 0.6) is 0 Å². The van der Waals surface area contributed by atoms with Gasteiger partial charge in [-0.3, -0.25) is 0 Å². The molecule has 37 heavy (non-hydrogen) atoms. The Labute approximate surface area is 219 Å². The van der Waals surface area contributed by atoms with E-state index in [0.717, 1.165) is 0 Å². The van der Waals surface area contributed by atoms with Crippen molar-refractivity contribution in [3.8, 4) is 11.1 Å². The minimum absolute atomic E-state index is 0.0178. The van der Waals surface area contributed by atoms with Crippen molar-refractivity contribution in [3.05, 3.63) is 108 Å². The normalized spacial score (nSPS) is 14.0. The van der Waals surface area contributed by atoms with E-state index >= 15 is 0 Å². The summed E-state index contributed by atoms with van der Waals surface area (Å²) >= 11 is 0. The van der Waals surface area contributed by atoms with Crippen LogP contribution >= 0.6 is 0 Å². The van der Waals surface area contributed by atoms with Crippen molar-refractivity contribution in [2.45, 2.75) is 57.8 Å². The van der Waals surface area contributed by atoms with Crippen LogP contribution in [-0.2, 0) is 5.41 Å². The molecule has 0 saturated carbocycles. The van der Waals surface area contributed by atoms with Crippen LogP contribution in [0.4, 0.5) is 0 Å². The Morgan fingerprint density at radius 3 is 1.05 bits per heavy atom. The van der Waals surface area contributed by atoms with E-state index in [2.05, 4.69) is 111 Å². The third-order valence-corrected chi connectivity index (χ3v) is 8.99. The summed E-state index contributed by atoms with van der Waals surface area (Å²) in [6.45, 7) is 4.70. The van der Waals surface area contributed by atoms with Gasteiger partial charge in [0.2, 0.25) is 0 Å². The smallest absolute Gasteiger partial charge is 0.0228 e. The number of hydrogen-bond acceptors (Lipinski definition) is 0. The van der Waals surface area contributed by atoms with E-state index in [4.69, 9.17) is 0 Å². The molecule has 6 aromatic carbocycles. The van der Waals surface area contributed by atoms with E-state index in [1.54, 1.807) is 11.1 Å². The van der Waals surface area contributed by atoms with Crippen molar-refractivity contribution in [1.29, 1.82) is 0 Å². The lowest BCUT2D eigenvalue weighted by molar-refractivity contribution is 0.420. The predicted octanol–water partition coefficient (Wildman–Crippen LogP) is 10.9. The Balaban J connectivity index is 1.80. The summed E-state index contributed by atoms with van der Waals surface area (Å²) < 4.78 is 0. The fraction of sp³-hybridized carbons (Fsp3) is 0.243. The second kappa shape index (κ2) is 8.73. The number of benzene rings is 6. The van der Waals surface area contributed by atoms with Gasteiger partial charge >= 0.3 is 0 Å². The van der Waals surface area contributed by atoms with Crippen LogP contribution in [0.3, 0.4) is 0 Å². The minimum Gasteiger partial charge on any atom is -0.0654 e. The highest BCUT2D eigenvalue weighted by Gasteiger charge is 2.46. The second-order valence-corrected chi connectivity index (χ2v) is 11.0. The molecule has 7 rings (SSSR count). The van der Waals surface area contributed by atoms with Crippen LogP contribution < -0.4 is 0 Å². The maximum atomic E-state index is 2.41. The first-order valence-electron chi connectivity index (χ1n) is 14.2. The fourth-order valence-corrected chi connectivity index (χ4v) is 7.50. The van der Waals surface area contributed by atoms with Crippen molar-refractivity contribution in [2.75, 3.05) is 0 Å². The van der Waals surface area contributed by atoms with Gasteiger partial charge in [0.15, 0.2) is 0 Å². The summed E-state index contributed by atoms with van der Waals surface area (Å²) in [5.41, 5.74) is 6.21. The third kappa shape index (κ3) is 3.08. The average Bonchev–Trinajstić information content (AvgIpc) is 3.27. The van der Waals surface area contributed by atoms with Crippen LogP contribution in [-0.4, -0.2) is 0 Å². The zero-order valence-electron chi connectivity index (χ0n) is 22.0. The SMILES string of the molecule is CCCCC1(CCCC)c2c(c3ccccc3c3ccccc23)-c2c1c1ccccc1c1ccccc21. The lowest BCUT2D eigenvalue weighted by Crippen LogP contribution is -2.26. The van der Waals surface area contributed by atoms with Gasteiger partial charge in [-0.25, -0.2) is 0 Å². The molecule has 0 atom stereocenters. The molecule has 0 heterocycles. The molecular weight excluding hydrogens is 444 g/mol. The van der Waals surface area contributed by atoms with E-state index in [-0.39, 0.29) is 5.41 Å². The molecule has 1 aliphatic rings. The van der Waals surface area contributed by atoms with Gasteiger partial charge in [-0.1, -0.05) is 137 Å². The highest BCUT2D eigenvalue weighted by molar-refractivity contribution is 6.25. The number of fused-ring (bicyclic) bond motifs is 13. The molecule has 0 amide bonds. The van der Waals surface area contributed by atoms with Gasteiger partial charge in [-0.05, 0) is 78.2 Å². The molecule has 0 unspecified atom stereocenters. The number of hydrogen-bond donors (Lipinski definition) is 0. The van der Waals surface area contributed by atoms with Crippen LogP contribution in [0, 0.1) is 0 Å². The maximum Gasteiger partial charge on any atom is 0.0228 e. The molecule has 0 fully saturated rings. The molecule has 0 nitrogen and oxygen atoms in total. The average molecular weight is 479 g/mol. The highest BCUT2D eigenvalue weighted by Crippen LogP contribution is 2.62. The summed E-state index contributed by atoms with van der Waals surface area (Å²) in [7, 11) is 0. The fourth-order valence-electron chi connectivity index (χ4n) is 7.50. The molecule has 0 spiro atoms. The summed E-state index contributed by atoms with van der Waals surface area (Å²) in [6, 6.07) is 36.7. The molecule has 0 aliphatic heterocycles. The standard InChI is InChI=1S/C37H34/c1-3-5-23-37(24-6-4-2)35-31-21-13-9-17-27(31)25-15-7-11-19-29(25)33(35)34-30-20-12-8-16-26(30)28-18-10-14-22-32(28)36(34)37/h7-22H,3-6,23-24H2,1-2H3. The van der Waals surface area contributed by atoms with E-state index in [0.29, 0.717) is 0 Å². The summed E-state index contributed by atoms with van der Waals surface area (Å²) in [6.07, 6.45) is 7.32.